The first kappa shape index (κ1) is 18.5. The van der Waals surface area contributed by atoms with Crippen molar-refractivity contribution in [1.29, 1.82) is 0 Å². The first-order chi connectivity index (χ1) is 12.1. The molecule has 3 heterocycles. The molecule has 0 spiro atoms. The number of nitrogen functional groups attached to an aromatic ring is 1. The van der Waals surface area contributed by atoms with Crippen molar-refractivity contribution in [2.24, 2.45) is 0 Å². The number of rotatable bonds is 5. The molecule has 3 atom stereocenters. The molecule has 2 aromatic rings. The molecule has 0 radical (unpaired) electrons. The standard InChI is InChI=1S/C13H16N5O7P/c1-3-13(24-5-26(21,22)23)6(2)8(19)11(25-13)18-4-15-7-9(18)16-12(14)17-10(7)20/h3-4,8,11,19H,1-2,5H2,(H2,21,22,23)(H3,14,16,17,20). The van der Waals surface area contributed by atoms with E-state index in [2.05, 4.69) is 28.1 Å². The zero-order chi connectivity index (χ0) is 19.3. The summed E-state index contributed by atoms with van der Waals surface area (Å²) < 4.78 is 23.2. The molecule has 3 rings (SSSR count). The molecule has 26 heavy (non-hydrogen) atoms. The normalized spacial score (nSPS) is 26.5. The molecule has 12 nitrogen and oxygen atoms in total. The molecule has 1 saturated heterocycles. The van der Waals surface area contributed by atoms with Crippen molar-refractivity contribution in [3.05, 3.63) is 31.1 Å². The average Bonchev–Trinajstić information content (AvgIpc) is 3.07. The van der Waals surface area contributed by atoms with Crippen LogP contribution in [0.3, 0.4) is 0 Å². The average molecular weight is 385 g/mol. The quantitative estimate of drug-likeness (QED) is 0.333. The molecule has 140 valence electrons. The molecule has 0 amide bonds. The lowest BCUT2D eigenvalue weighted by Crippen LogP contribution is -2.32. The number of aliphatic hydroxyl groups excluding tert-OH is 1. The van der Waals surface area contributed by atoms with E-state index >= 15 is 0 Å². The van der Waals surface area contributed by atoms with E-state index < -0.39 is 37.9 Å². The van der Waals surface area contributed by atoms with Gasteiger partial charge in [-0.3, -0.25) is 9.13 Å². The van der Waals surface area contributed by atoms with Gasteiger partial charge in [0, 0.05) is 5.57 Å². The number of aliphatic hydroxyl groups is 1. The van der Waals surface area contributed by atoms with E-state index in [0.29, 0.717) is 0 Å². The number of ether oxygens (including phenoxy) is 2. The number of hydrogen-bond donors (Lipinski definition) is 5. The number of imidazole rings is 1. The van der Waals surface area contributed by atoms with Gasteiger partial charge in [-0.15, -0.1) is 0 Å². The van der Waals surface area contributed by atoms with Gasteiger partial charge in [-0.2, -0.15) is 9.97 Å². The third kappa shape index (κ3) is 2.98. The summed E-state index contributed by atoms with van der Waals surface area (Å²) in [4.78, 5) is 29.5. The van der Waals surface area contributed by atoms with Gasteiger partial charge >= 0.3 is 7.60 Å². The van der Waals surface area contributed by atoms with Crippen molar-refractivity contribution in [3.8, 4) is 5.88 Å². The molecule has 3 unspecified atom stereocenters. The number of anilines is 1. The Hall–Kier alpha value is -2.34. The summed E-state index contributed by atoms with van der Waals surface area (Å²) in [5.74, 6) is -2.52. The Bertz CT molecular complexity index is 940. The largest absolute Gasteiger partial charge is 0.492 e. The van der Waals surface area contributed by atoms with E-state index in [1.807, 2.05) is 0 Å². The number of aromatic hydroxyl groups is 1. The summed E-state index contributed by atoms with van der Waals surface area (Å²) in [5, 5.41) is 20.3. The van der Waals surface area contributed by atoms with Crippen molar-refractivity contribution >= 4 is 24.7 Å². The molecule has 1 aliphatic rings. The van der Waals surface area contributed by atoms with E-state index in [-0.39, 0.29) is 22.7 Å². The molecular formula is C13H16N5O7P. The predicted octanol–water partition coefficient (Wildman–Crippen LogP) is -0.406. The van der Waals surface area contributed by atoms with Crippen LogP contribution in [0.1, 0.15) is 6.23 Å². The van der Waals surface area contributed by atoms with E-state index in [1.54, 1.807) is 0 Å². The van der Waals surface area contributed by atoms with Gasteiger partial charge in [0.05, 0.1) is 6.33 Å². The van der Waals surface area contributed by atoms with Crippen molar-refractivity contribution in [3.63, 3.8) is 0 Å². The Balaban J connectivity index is 2.01. The van der Waals surface area contributed by atoms with E-state index in [0.717, 1.165) is 6.08 Å². The topological polar surface area (TPSA) is 186 Å². The number of hydrogen-bond acceptors (Lipinski definition) is 9. The van der Waals surface area contributed by atoms with Crippen LogP contribution in [0.15, 0.2) is 31.1 Å². The summed E-state index contributed by atoms with van der Waals surface area (Å²) in [5.41, 5.74) is 5.58. The highest BCUT2D eigenvalue weighted by molar-refractivity contribution is 7.51. The maximum Gasteiger partial charge on any atom is 0.351 e. The molecule has 1 aliphatic heterocycles. The number of fused-ring (bicyclic) bond motifs is 1. The summed E-state index contributed by atoms with van der Waals surface area (Å²) in [7, 11) is -4.51. The Kier molecular flexibility index (Phi) is 4.35. The molecule has 0 aliphatic carbocycles. The Morgan fingerprint density at radius 1 is 1.50 bits per heavy atom. The summed E-state index contributed by atoms with van der Waals surface area (Å²) >= 11 is 0. The van der Waals surface area contributed by atoms with Crippen LogP contribution in [0.2, 0.25) is 0 Å². The smallest absolute Gasteiger partial charge is 0.351 e. The SMILES string of the molecule is C=CC1(OCP(=O)(O)O)OC(n2cnc3c(O)nc(N)nc32)C(O)C1=C. The van der Waals surface area contributed by atoms with E-state index in [4.69, 9.17) is 25.0 Å². The second-order valence-corrected chi connectivity index (χ2v) is 7.11. The molecule has 1 fully saturated rings. The highest BCUT2D eigenvalue weighted by Crippen LogP contribution is 2.46. The van der Waals surface area contributed by atoms with Crippen LogP contribution in [0.4, 0.5) is 5.95 Å². The highest BCUT2D eigenvalue weighted by Gasteiger charge is 2.51. The van der Waals surface area contributed by atoms with Gasteiger partial charge in [-0.05, 0) is 6.08 Å². The zero-order valence-corrected chi connectivity index (χ0v) is 14.2. The van der Waals surface area contributed by atoms with Crippen molar-refractivity contribution in [2.75, 3.05) is 12.1 Å². The first-order valence-electron chi connectivity index (χ1n) is 7.14. The lowest BCUT2D eigenvalue weighted by atomic mass is 10.0. The van der Waals surface area contributed by atoms with Crippen LogP contribution < -0.4 is 5.73 Å². The van der Waals surface area contributed by atoms with E-state index in [1.165, 1.54) is 10.9 Å². The van der Waals surface area contributed by atoms with Gasteiger partial charge in [0.15, 0.2) is 23.7 Å². The minimum absolute atomic E-state index is 0.0212. The molecule has 0 aromatic carbocycles. The van der Waals surface area contributed by atoms with Gasteiger partial charge in [-0.25, -0.2) is 4.98 Å². The Labute approximate surface area is 146 Å². The van der Waals surface area contributed by atoms with Crippen molar-refractivity contribution < 1.29 is 34.0 Å². The summed E-state index contributed by atoms with van der Waals surface area (Å²) in [6.45, 7) is 7.19. The van der Waals surface area contributed by atoms with Gasteiger partial charge in [0.1, 0.15) is 6.10 Å². The summed E-state index contributed by atoms with van der Waals surface area (Å²) in [6.07, 6.45) is -1.18. The fraction of sp³-hybridized carbons (Fsp3) is 0.308. The van der Waals surface area contributed by atoms with E-state index in [9.17, 15) is 14.8 Å². The number of nitrogens with two attached hydrogens (primary N) is 1. The second kappa shape index (κ2) is 6.13. The van der Waals surface area contributed by atoms with Crippen LogP contribution >= 0.6 is 7.60 Å². The predicted molar refractivity (Wildman–Crippen MR) is 87.6 cm³/mol. The monoisotopic (exact) mass is 385 g/mol. The maximum absolute atomic E-state index is 11.1. The molecule has 6 N–H and O–H groups in total. The fourth-order valence-corrected chi connectivity index (χ4v) is 2.92. The Morgan fingerprint density at radius 3 is 2.81 bits per heavy atom. The molecular weight excluding hydrogens is 369 g/mol. The third-order valence-corrected chi connectivity index (χ3v) is 4.25. The van der Waals surface area contributed by atoms with Crippen molar-refractivity contribution in [2.45, 2.75) is 18.1 Å². The number of nitrogens with zero attached hydrogens (tertiary/aromatic N) is 4. The van der Waals surface area contributed by atoms with Gasteiger partial charge < -0.3 is 35.2 Å². The van der Waals surface area contributed by atoms with Crippen LogP contribution in [0.25, 0.3) is 11.2 Å². The second-order valence-electron chi connectivity index (χ2n) is 5.52. The van der Waals surface area contributed by atoms with Crippen LogP contribution in [0.5, 0.6) is 5.88 Å². The molecule has 0 saturated carbocycles. The Morgan fingerprint density at radius 2 is 2.19 bits per heavy atom. The lowest BCUT2D eigenvalue weighted by Gasteiger charge is -2.26. The van der Waals surface area contributed by atoms with Crippen LogP contribution in [0, 0.1) is 0 Å². The first-order valence-corrected chi connectivity index (χ1v) is 8.94. The van der Waals surface area contributed by atoms with Gasteiger partial charge in [0.25, 0.3) is 0 Å². The molecule has 0 bridgehead atoms. The third-order valence-electron chi connectivity index (χ3n) is 3.78. The zero-order valence-electron chi connectivity index (χ0n) is 13.3. The molecule has 13 heteroatoms. The summed E-state index contributed by atoms with van der Waals surface area (Å²) in [6, 6.07) is 0. The van der Waals surface area contributed by atoms with Gasteiger partial charge in [-0.1, -0.05) is 13.2 Å². The van der Waals surface area contributed by atoms with Gasteiger partial charge in [0.2, 0.25) is 17.6 Å². The molecule has 2 aromatic heterocycles. The minimum Gasteiger partial charge on any atom is -0.492 e. The van der Waals surface area contributed by atoms with Crippen molar-refractivity contribution in [1.82, 2.24) is 19.5 Å². The fourth-order valence-electron chi connectivity index (χ4n) is 2.56. The van der Waals surface area contributed by atoms with Crippen LogP contribution in [-0.4, -0.2) is 57.8 Å². The maximum atomic E-state index is 11.1. The number of aromatic nitrogens is 4. The van der Waals surface area contributed by atoms with Crippen LogP contribution in [-0.2, 0) is 14.0 Å². The lowest BCUT2D eigenvalue weighted by molar-refractivity contribution is -0.188. The highest BCUT2D eigenvalue weighted by atomic mass is 31.2. The minimum atomic E-state index is -4.51.